The largest absolute Gasteiger partial charge is 0.381 e. The van der Waals surface area contributed by atoms with Crippen LogP contribution in [0.3, 0.4) is 0 Å². The number of amides is 3. The Hall–Kier alpha value is -2.82. The maximum atomic E-state index is 13.7. The Morgan fingerprint density at radius 3 is 2.46 bits per heavy atom. The molecule has 0 aliphatic carbocycles. The van der Waals surface area contributed by atoms with Crippen molar-refractivity contribution < 1.29 is 19.1 Å². The molecule has 3 rings (SSSR count). The molecular weight excluding hydrogens is 538 g/mol. The van der Waals surface area contributed by atoms with Crippen molar-refractivity contribution in [3.63, 3.8) is 0 Å². The minimum atomic E-state index is -0.775. The van der Waals surface area contributed by atoms with Crippen LogP contribution in [0.1, 0.15) is 70.4 Å². The molecule has 226 valence electrons. The summed E-state index contributed by atoms with van der Waals surface area (Å²) in [5, 5.41) is 9.85. The van der Waals surface area contributed by atoms with Crippen molar-refractivity contribution in [1.29, 1.82) is 0 Å². The summed E-state index contributed by atoms with van der Waals surface area (Å²) in [7, 11) is 0. The predicted molar refractivity (Wildman–Crippen MR) is 165 cm³/mol. The van der Waals surface area contributed by atoms with Gasteiger partial charge in [0.2, 0.25) is 17.7 Å². The van der Waals surface area contributed by atoms with E-state index in [2.05, 4.69) is 67.3 Å². The first-order valence-electron chi connectivity index (χ1n) is 14.9. The van der Waals surface area contributed by atoms with E-state index in [-0.39, 0.29) is 42.6 Å². The number of carbonyl (C=O) groups excluding carboxylic acids is 3. The van der Waals surface area contributed by atoms with Gasteiger partial charge in [-0.3, -0.25) is 19.3 Å². The van der Waals surface area contributed by atoms with Crippen LogP contribution in [0, 0.1) is 5.92 Å². The highest BCUT2D eigenvalue weighted by Crippen LogP contribution is 2.27. The quantitative estimate of drug-likeness (QED) is 0.274. The molecule has 0 radical (unpaired) electrons. The fourth-order valence-electron chi connectivity index (χ4n) is 4.97. The van der Waals surface area contributed by atoms with Gasteiger partial charge in [0.15, 0.2) is 0 Å². The zero-order chi connectivity index (χ0) is 29.9. The van der Waals surface area contributed by atoms with Crippen molar-refractivity contribution in [2.45, 2.75) is 78.3 Å². The molecule has 2 heterocycles. The molecule has 1 aromatic heterocycles. The fraction of sp³-hybridized carbons (Fsp3) is 0.613. The lowest BCUT2D eigenvalue weighted by Crippen LogP contribution is -2.55. The number of hydrogen-bond donors (Lipinski definition) is 3. The first kappa shape index (κ1) is 32.7. The second kappa shape index (κ2) is 16.0. The highest BCUT2D eigenvalue weighted by Gasteiger charge is 2.30. The molecule has 1 aliphatic heterocycles. The van der Waals surface area contributed by atoms with Crippen LogP contribution in [0.15, 0.2) is 30.4 Å². The molecule has 1 saturated heterocycles. The zero-order valence-electron chi connectivity index (χ0n) is 25.3. The Morgan fingerprint density at radius 1 is 1.12 bits per heavy atom. The van der Waals surface area contributed by atoms with Gasteiger partial charge in [-0.1, -0.05) is 47.3 Å². The van der Waals surface area contributed by atoms with Crippen molar-refractivity contribution >= 4 is 39.3 Å². The molecule has 1 aliphatic rings. The summed E-state index contributed by atoms with van der Waals surface area (Å²) < 4.78 is 6.62. The van der Waals surface area contributed by atoms with Crippen LogP contribution in [-0.4, -0.2) is 79.1 Å². The van der Waals surface area contributed by atoms with Gasteiger partial charge in [0, 0.05) is 50.8 Å². The van der Waals surface area contributed by atoms with E-state index in [9.17, 15) is 14.4 Å². The number of ether oxygens (including phenoxy) is 1. The van der Waals surface area contributed by atoms with E-state index in [0.29, 0.717) is 37.7 Å². The van der Waals surface area contributed by atoms with E-state index in [1.165, 1.54) is 5.56 Å². The van der Waals surface area contributed by atoms with Gasteiger partial charge < -0.3 is 20.7 Å². The van der Waals surface area contributed by atoms with E-state index >= 15 is 0 Å². The van der Waals surface area contributed by atoms with Crippen molar-refractivity contribution in [3.05, 3.63) is 40.9 Å². The van der Waals surface area contributed by atoms with E-state index in [4.69, 9.17) is 9.72 Å². The van der Waals surface area contributed by atoms with E-state index < -0.39 is 6.04 Å². The van der Waals surface area contributed by atoms with Gasteiger partial charge in [-0.2, -0.15) is 0 Å². The third kappa shape index (κ3) is 9.61. The third-order valence-electron chi connectivity index (χ3n) is 7.75. The Balaban J connectivity index is 1.74. The average molecular weight is 586 g/mol. The number of thiazole rings is 1. The zero-order valence-corrected chi connectivity index (χ0v) is 26.1. The SMILES string of the molecule is C=C(CN(CC)CC)C(=O)NC[C@@H](NC(=O)[C@H](Cc1nc2ccc(C(C)C)cc2s1)NC(=O)CC)C1CCOCC1. The summed E-state index contributed by atoms with van der Waals surface area (Å²) in [6, 6.07) is 5.18. The van der Waals surface area contributed by atoms with Gasteiger partial charge in [0.05, 0.1) is 15.2 Å². The van der Waals surface area contributed by atoms with Crippen LogP contribution in [0.5, 0.6) is 0 Å². The number of hydrogen-bond acceptors (Lipinski definition) is 7. The summed E-state index contributed by atoms with van der Waals surface area (Å²) in [4.78, 5) is 45.9. The molecule has 0 spiro atoms. The number of nitrogens with zero attached hydrogens (tertiary/aromatic N) is 2. The Morgan fingerprint density at radius 2 is 1.83 bits per heavy atom. The molecule has 2 atom stereocenters. The molecule has 41 heavy (non-hydrogen) atoms. The second-order valence-corrected chi connectivity index (χ2v) is 12.1. The number of nitrogens with one attached hydrogen (secondary N) is 3. The number of rotatable bonds is 15. The summed E-state index contributed by atoms with van der Waals surface area (Å²) in [6.07, 6.45) is 2.13. The molecule has 0 saturated carbocycles. The van der Waals surface area contributed by atoms with Crippen LogP contribution < -0.4 is 16.0 Å². The molecule has 0 bridgehead atoms. The molecule has 3 N–H and O–H groups in total. The van der Waals surface area contributed by atoms with Crippen molar-refractivity contribution in [1.82, 2.24) is 25.8 Å². The normalized spacial score (nSPS) is 15.6. The molecule has 2 aromatic rings. The number of likely N-dealkylation sites (N-methyl/N-ethyl adjacent to an activating group) is 1. The van der Waals surface area contributed by atoms with E-state index in [1.807, 2.05) is 6.07 Å². The Labute approximate surface area is 248 Å². The lowest BCUT2D eigenvalue weighted by molar-refractivity contribution is -0.129. The van der Waals surface area contributed by atoms with Gasteiger partial charge in [-0.25, -0.2) is 4.98 Å². The summed E-state index contributed by atoms with van der Waals surface area (Å²) >= 11 is 1.55. The predicted octanol–water partition coefficient (Wildman–Crippen LogP) is 3.78. The molecule has 3 amide bonds. The molecule has 1 fully saturated rings. The topological polar surface area (TPSA) is 113 Å². The van der Waals surface area contributed by atoms with Crippen molar-refractivity contribution in [2.75, 3.05) is 39.4 Å². The monoisotopic (exact) mass is 585 g/mol. The molecule has 9 nitrogen and oxygen atoms in total. The van der Waals surface area contributed by atoms with Gasteiger partial charge in [-0.05, 0) is 55.5 Å². The number of fused-ring (bicyclic) bond motifs is 1. The fourth-order valence-corrected chi connectivity index (χ4v) is 6.03. The third-order valence-corrected chi connectivity index (χ3v) is 8.79. The highest BCUT2D eigenvalue weighted by atomic mass is 32.1. The molecular formula is C31H47N5O4S. The van der Waals surface area contributed by atoms with Gasteiger partial charge in [0.25, 0.3) is 0 Å². The van der Waals surface area contributed by atoms with E-state index in [1.54, 1.807) is 18.3 Å². The number of carbonyl (C=O) groups is 3. The number of benzene rings is 1. The lowest BCUT2D eigenvalue weighted by Gasteiger charge is -2.32. The van der Waals surface area contributed by atoms with Crippen LogP contribution in [-0.2, 0) is 25.5 Å². The van der Waals surface area contributed by atoms with Crippen molar-refractivity contribution in [2.24, 2.45) is 5.92 Å². The van der Waals surface area contributed by atoms with Crippen molar-refractivity contribution in [3.8, 4) is 0 Å². The first-order valence-corrected chi connectivity index (χ1v) is 15.7. The number of aromatic nitrogens is 1. The minimum Gasteiger partial charge on any atom is -0.381 e. The maximum absolute atomic E-state index is 13.7. The van der Waals surface area contributed by atoms with Crippen LogP contribution in [0.4, 0.5) is 0 Å². The van der Waals surface area contributed by atoms with Crippen LogP contribution in [0.25, 0.3) is 10.2 Å². The molecule has 10 heteroatoms. The minimum absolute atomic E-state index is 0.142. The Bertz CT molecular complexity index is 1190. The smallest absolute Gasteiger partial charge is 0.247 e. The highest BCUT2D eigenvalue weighted by molar-refractivity contribution is 7.18. The lowest BCUT2D eigenvalue weighted by atomic mass is 9.91. The summed E-state index contributed by atoms with van der Waals surface area (Å²) in [6.45, 7) is 17.8. The summed E-state index contributed by atoms with van der Waals surface area (Å²) in [5.74, 6) is -0.138. The van der Waals surface area contributed by atoms with Crippen LogP contribution in [0.2, 0.25) is 0 Å². The second-order valence-electron chi connectivity index (χ2n) is 11.0. The Kier molecular flexibility index (Phi) is 12.7. The molecule has 0 unspecified atom stereocenters. The van der Waals surface area contributed by atoms with Crippen LogP contribution >= 0.6 is 11.3 Å². The average Bonchev–Trinajstić information content (AvgIpc) is 3.39. The maximum Gasteiger partial charge on any atom is 0.247 e. The summed E-state index contributed by atoms with van der Waals surface area (Å²) in [5.41, 5.74) is 2.63. The van der Waals surface area contributed by atoms with Gasteiger partial charge in [0.1, 0.15) is 6.04 Å². The van der Waals surface area contributed by atoms with E-state index in [0.717, 1.165) is 41.2 Å². The standard InChI is InChI=1S/C31H47N5O4S/c1-7-28(37)33-25(17-29-34-24-11-10-23(20(4)5)16-27(24)41-29)31(39)35-26(22-12-14-40-15-13-22)18-32-30(38)21(6)19-36(8-2)9-3/h10-11,16,20,22,25-26H,6-9,12-15,17-19H2,1-5H3,(H,32,38)(H,33,37)(H,35,39)/t25-,26+/m0/s1. The molecule has 1 aromatic carbocycles. The first-order chi connectivity index (χ1) is 19.6. The van der Waals surface area contributed by atoms with Gasteiger partial charge >= 0.3 is 0 Å². The van der Waals surface area contributed by atoms with Gasteiger partial charge in [-0.15, -0.1) is 11.3 Å².